The van der Waals surface area contributed by atoms with Crippen LogP contribution in [0.2, 0.25) is 0 Å². The first-order valence-corrected chi connectivity index (χ1v) is 19.5. The topological polar surface area (TPSA) is 136 Å². The monoisotopic (exact) mass is 772 g/mol. The van der Waals surface area contributed by atoms with E-state index in [4.69, 9.17) is 0 Å². The summed E-state index contributed by atoms with van der Waals surface area (Å²) in [5.41, 5.74) is 6.22. The zero-order valence-corrected chi connectivity index (χ0v) is 31.4. The van der Waals surface area contributed by atoms with Gasteiger partial charge in [0.15, 0.2) is 0 Å². The molecular formula is C40H47F3N10O3. The maximum Gasteiger partial charge on any atom is 0.390 e. The van der Waals surface area contributed by atoms with E-state index in [2.05, 4.69) is 76.7 Å². The number of piperidine rings is 1. The van der Waals surface area contributed by atoms with Crippen molar-refractivity contribution in [3.8, 4) is 11.1 Å². The maximum absolute atomic E-state index is 13.1. The molecule has 0 aliphatic carbocycles. The van der Waals surface area contributed by atoms with Crippen molar-refractivity contribution in [3.63, 3.8) is 0 Å². The molecule has 2 atom stereocenters. The number of nitrogens with one attached hydrogen (secondary N) is 3. The smallest absolute Gasteiger partial charge is 0.354 e. The number of fused-ring (bicyclic) bond motifs is 2. The van der Waals surface area contributed by atoms with Gasteiger partial charge >= 0.3 is 11.9 Å². The molecule has 0 radical (unpaired) electrons. The summed E-state index contributed by atoms with van der Waals surface area (Å²) >= 11 is 0. The molecule has 296 valence electrons. The predicted molar refractivity (Wildman–Crippen MR) is 207 cm³/mol. The second-order valence-electron chi connectivity index (χ2n) is 15.3. The van der Waals surface area contributed by atoms with Gasteiger partial charge in [-0.25, -0.2) is 9.78 Å². The van der Waals surface area contributed by atoms with Gasteiger partial charge in [0.2, 0.25) is 17.8 Å². The van der Waals surface area contributed by atoms with Crippen molar-refractivity contribution in [3.05, 3.63) is 76.5 Å². The number of alkyl halides is 3. The van der Waals surface area contributed by atoms with Gasteiger partial charge in [0.05, 0.1) is 17.5 Å². The average Bonchev–Trinajstić information content (AvgIpc) is 3.89. The van der Waals surface area contributed by atoms with Gasteiger partial charge in [0.25, 0.3) is 0 Å². The number of aromatic nitrogens is 5. The minimum atomic E-state index is -4.23. The molecule has 16 heteroatoms. The van der Waals surface area contributed by atoms with E-state index in [9.17, 15) is 27.6 Å². The number of likely N-dealkylation sites (tertiary alicyclic amines) is 1. The van der Waals surface area contributed by atoms with Crippen molar-refractivity contribution in [2.75, 3.05) is 57.7 Å². The molecule has 5 aromatic rings. The number of amides is 2. The number of rotatable bonds is 12. The van der Waals surface area contributed by atoms with E-state index in [1.165, 1.54) is 16.6 Å². The Morgan fingerprint density at radius 2 is 1.71 bits per heavy atom. The summed E-state index contributed by atoms with van der Waals surface area (Å²) in [5.74, 6) is -0.553. The van der Waals surface area contributed by atoms with E-state index in [1.54, 1.807) is 17.8 Å². The summed E-state index contributed by atoms with van der Waals surface area (Å²) < 4.78 is 40.6. The van der Waals surface area contributed by atoms with Crippen LogP contribution in [0.5, 0.6) is 0 Å². The number of imidazole rings is 1. The molecule has 56 heavy (non-hydrogen) atoms. The van der Waals surface area contributed by atoms with Crippen LogP contribution in [0.1, 0.15) is 49.3 Å². The summed E-state index contributed by atoms with van der Waals surface area (Å²) in [5, 5.41) is 5.82. The first kappa shape index (κ1) is 37.8. The lowest BCUT2D eigenvalue weighted by atomic mass is 10.0. The number of imide groups is 1. The van der Waals surface area contributed by atoms with Crippen molar-refractivity contribution in [1.29, 1.82) is 0 Å². The number of hydrogen-bond donors (Lipinski definition) is 3. The van der Waals surface area contributed by atoms with Crippen molar-refractivity contribution >= 4 is 39.8 Å². The fourth-order valence-corrected chi connectivity index (χ4v) is 8.50. The molecule has 3 aliphatic heterocycles. The van der Waals surface area contributed by atoms with Crippen LogP contribution in [0.25, 0.3) is 33.2 Å². The minimum Gasteiger partial charge on any atom is -0.354 e. The van der Waals surface area contributed by atoms with Gasteiger partial charge in [-0.2, -0.15) is 18.2 Å². The van der Waals surface area contributed by atoms with Crippen LogP contribution in [0.3, 0.4) is 0 Å². The summed E-state index contributed by atoms with van der Waals surface area (Å²) in [6.07, 6.45) is 1.97. The largest absolute Gasteiger partial charge is 0.390 e. The van der Waals surface area contributed by atoms with E-state index < -0.39 is 24.5 Å². The lowest BCUT2D eigenvalue weighted by Gasteiger charge is -2.38. The molecule has 8 rings (SSSR count). The summed E-state index contributed by atoms with van der Waals surface area (Å²) in [6.45, 7) is 7.96. The predicted octanol–water partition coefficient (Wildman–Crippen LogP) is 4.45. The van der Waals surface area contributed by atoms with Crippen LogP contribution in [0.4, 0.5) is 19.1 Å². The lowest BCUT2D eigenvalue weighted by Crippen LogP contribution is -2.50. The van der Waals surface area contributed by atoms with Crippen LogP contribution >= 0.6 is 0 Å². The van der Waals surface area contributed by atoms with Crippen LogP contribution in [0, 0.1) is 0 Å². The number of piperazine rings is 1. The fourth-order valence-electron chi connectivity index (χ4n) is 8.50. The van der Waals surface area contributed by atoms with E-state index in [0.717, 1.165) is 98.3 Å². The zero-order valence-electron chi connectivity index (χ0n) is 31.4. The second-order valence-corrected chi connectivity index (χ2v) is 15.3. The Morgan fingerprint density at radius 1 is 0.929 bits per heavy atom. The van der Waals surface area contributed by atoms with Crippen molar-refractivity contribution in [2.24, 2.45) is 7.05 Å². The Balaban J connectivity index is 0.779. The third-order valence-corrected chi connectivity index (χ3v) is 11.6. The number of H-pyrrole nitrogens is 1. The van der Waals surface area contributed by atoms with Gasteiger partial charge in [-0.05, 0) is 67.6 Å². The molecule has 3 aromatic heterocycles. The number of anilines is 1. The van der Waals surface area contributed by atoms with Crippen LogP contribution < -0.4 is 16.3 Å². The summed E-state index contributed by atoms with van der Waals surface area (Å²) in [6, 6.07) is 14.4. The molecule has 0 spiro atoms. The molecule has 3 aliphatic rings. The lowest BCUT2D eigenvalue weighted by molar-refractivity contribution is -0.136. The van der Waals surface area contributed by atoms with Crippen LogP contribution in [-0.4, -0.2) is 115 Å². The normalized spacial score (nSPS) is 20.4. The third-order valence-electron chi connectivity index (χ3n) is 11.6. The fraction of sp³-hybridized carbons (Fsp3) is 0.475. The Bertz CT molecular complexity index is 2270. The first-order chi connectivity index (χ1) is 27.0. The van der Waals surface area contributed by atoms with Gasteiger partial charge in [-0.15, -0.1) is 0 Å². The number of benzene rings is 2. The summed E-state index contributed by atoms with van der Waals surface area (Å²) in [4.78, 5) is 56.7. The Hall–Kier alpha value is -5.06. The van der Waals surface area contributed by atoms with Gasteiger partial charge in [-0.1, -0.05) is 30.3 Å². The number of halogens is 3. The molecule has 2 unspecified atom stereocenters. The number of aromatic amines is 1. The highest BCUT2D eigenvalue weighted by Crippen LogP contribution is 2.29. The molecule has 3 N–H and O–H groups in total. The number of hydrogen-bond acceptors (Lipinski definition) is 9. The number of carbonyl (C=O) groups excluding carboxylic acids is 2. The Labute approximate surface area is 321 Å². The molecule has 2 amide bonds. The van der Waals surface area contributed by atoms with E-state index >= 15 is 0 Å². The van der Waals surface area contributed by atoms with Gasteiger partial charge in [-0.3, -0.25) is 33.8 Å². The van der Waals surface area contributed by atoms with E-state index in [-0.39, 0.29) is 30.5 Å². The SMILES string of the molecule is Cn1c(=O)n(C2CCC(=O)NC2=O)c2ccc(CCCN3CCC(N4CCN(Cc5ccc(-c6c[nH]c7nc(NCCC(F)(F)F)ncc67)cc5)CC4)C3)cc21. The van der Waals surface area contributed by atoms with E-state index in [0.29, 0.717) is 18.1 Å². The second kappa shape index (κ2) is 15.8. The highest BCUT2D eigenvalue weighted by molar-refractivity contribution is 6.00. The molecule has 6 heterocycles. The number of nitrogens with zero attached hydrogens (tertiary/aromatic N) is 7. The average molecular weight is 773 g/mol. The Morgan fingerprint density at radius 3 is 2.48 bits per heavy atom. The third kappa shape index (κ3) is 8.22. The molecule has 2 aromatic carbocycles. The highest BCUT2D eigenvalue weighted by Gasteiger charge is 2.32. The standard InChI is InChI=1S/C40H47F3N10O3/c1-49-34-21-26(6-9-32(34)53(39(49)56)33-10-11-35(54)47-37(33)55)3-2-15-50-16-12-29(25-50)52-19-17-51(18-20-52)24-27-4-7-28(8-5-27)30-22-45-36-31(30)23-46-38(48-36)44-14-13-40(41,42)43/h4-9,21-23,29,33H,2-3,10-20,24-25H2,1H3,(H,47,54,55)(H2,44,45,46,48). The molecule has 13 nitrogen and oxygen atoms in total. The number of aryl methyl sites for hydroxylation is 2. The van der Waals surface area contributed by atoms with Crippen molar-refractivity contribution in [2.45, 2.75) is 63.3 Å². The molecule has 3 saturated heterocycles. The van der Waals surface area contributed by atoms with Gasteiger partial charge < -0.3 is 15.2 Å². The Kier molecular flexibility index (Phi) is 10.7. The van der Waals surface area contributed by atoms with Crippen molar-refractivity contribution in [1.82, 2.24) is 44.1 Å². The summed E-state index contributed by atoms with van der Waals surface area (Å²) in [7, 11) is 1.73. The van der Waals surface area contributed by atoms with Crippen LogP contribution in [0.15, 0.2) is 59.7 Å². The molecule has 0 saturated carbocycles. The highest BCUT2D eigenvalue weighted by atomic mass is 19.4. The minimum absolute atomic E-state index is 0.164. The van der Waals surface area contributed by atoms with Crippen LogP contribution in [-0.2, 0) is 29.6 Å². The quantitative estimate of drug-likeness (QED) is 0.157. The molecule has 3 fully saturated rings. The first-order valence-electron chi connectivity index (χ1n) is 19.5. The van der Waals surface area contributed by atoms with E-state index in [1.807, 2.05) is 12.3 Å². The maximum atomic E-state index is 13.1. The molecular weight excluding hydrogens is 726 g/mol. The van der Waals surface area contributed by atoms with Gasteiger partial charge in [0.1, 0.15) is 11.7 Å². The van der Waals surface area contributed by atoms with Gasteiger partial charge in [0, 0.05) is 88.7 Å². The molecule has 0 bridgehead atoms. The van der Waals surface area contributed by atoms with Crippen molar-refractivity contribution < 1.29 is 22.8 Å². The zero-order chi connectivity index (χ0) is 39.0. The number of carbonyl (C=O) groups is 2.